The van der Waals surface area contributed by atoms with Gasteiger partial charge in [-0.1, -0.05) is 63.1 Å². The van der Waals surface area contributed by atoms with E-state index in [9.17, 15) is 9.90 Å². The quantitative estimate of drug-likeness (QED) is 0.384. The van der Waals surface area contributed by atoms with Gasteiger partial charge < -0.3 is 5.11 Å². The molecule has 2 saturated carbocycles. The minimum Gasteiger partial charge on any atom is -0.481 e. The zero-order valence-electron chi connectivity index (χ0n) is 21.9. The first-order chi connectivity index (χ1) is 14.9. The van der Waals surface area contributed by atoms with E-state index in [1.165, 1.54) is 49.7 Å². The Kier molecular flexibility index (Phi) is 7.24. The normalized spacial score (nSPS) is 39.5. The maximum absolute atomic E-state index is 11.5. The number of carbonyl (C=O) groups is 1. The van der Waals surface area contributed by atoms with Crippen LogP contribution in [0.5, 0.6) is 0 Å². The summed E-state index contributed by atoms with van der Waals surface area (Å²) in [5.41, 5.74) is 4.94. The number of hydrogen-bond acceptors (Lipinski definition) is 1. The first-order valence-corrected chi connectivity index (χ1v) is 13.1. The Balaban J connectivity index is 1.91. The van der Waals surface area contributed by atoms with Gasteiger partial charge in [0.15, 0.2) is 0 Å². The van der Waals surface area contributed by atoms with E-state index in [2.05, 4.69) is 67.2 Å². The Hall–Kier alpha value is -1.31. The van der Waals surface area contributed by atoms with Crippen LogP contribution >= 0.6 is 0 Å². The van der Waals surface area contributed by atoms with Crippen molar-refractivity contribution in [3.05, 3.63) is 35.5 Å². The van der Waals surface area contributed by atoms with Crippen LogP contribution in [-0.4, -0.2) is 11.1 Å². The fourth-order valence-electron chi connectivity index (χ4n) is 8.42. The Morgan fingerprint density at radius 2 is 1.91 bits per heavy atom. The van der Waals surface area contributed by atoms with Gasteiger partial charge in [-0.2, -0.15) is 0 Å². The van der Waals surface area contributed by atoms with Crippen LogP contribution in [-0.2, 0) is 4.79 Å². The van der Waals surface area contributed by atoms with Gasteiger partial charge in [0.25, 0.3) is 0 Å². The predicted octanol–water partition coefficient (Wildman–Crippen LogP) is 8.60. The lowest BCUT2D eigenvalue weighted by Crippen LogP contribution is -2.52. The molecule has 3 rings (SSSR count). The molecule has 0 spiro atoms. The van der Waals surface area contributed by atoms with E-state index in [0.29, 0.717) is 17.3 Å². The molecular formula is C30H48O2. The summed E-state index contributed by atoms with van der Waals surface area (Å²) in [4.78, 5) is 11.5. The second-order valence-corrected chi connectivity index (χ2v) is 12.5. The largest absolute Gasteiger partial charge is 0.481 e. The Morgan fingerprint density at radius 3 is 2.50 bits per heavy atom. The van der Waals surface area contributed by atoms with E-state index in [0.717, 1.165) is 24.7 Å². The molecule has 1 N–H and O–H groups in total. The highest BCUT2D eigenvalue weighted by Crippen LogP contribution is 2.71. The summed E-state index contributed by atoms with van der Waals surface area (Å²) in [6, 6.07) is 0. The molecule has 0 aliphatic heterocycles. The van der Waals surface area contributed by atoms with Crippen LogP contribution in [0.4, 0.5) is 0 Å². The van der Waals surface area contributed by atoms with Gasteiger partial charge in [0.2, 0.25) is 0 Å². The van der Waals surface area contributed by atoms with Crippen LogP contribution in [0.15, 0.2) is 35.5 Å². The van der Waals surface area contributed by atoms with Crippen molar-refractivity contribution >= 4 is 5.97 Å². The third-order valence-electron chi connectivity index (χ3n) is 10.5. The lowest BCUT2D eigenvalue weighted by atomic mass is 9.44. The summed E-state index contributed by atoms with van der Waals surface area (Å²) in [6.07, 6.45) is 14.6. The topological polar surface area (TPSA) is 37.3 Å². The molecule has 180 valence electrons. The van der Waals surface area contributed by atoms with Crippen molar-refractivity contribution in [2.45, 2.75) is 106 Å². The SMILES string of the molecule is C=C(C)[C@@H]1CC=C2[C@@H](CC[C@]3(C)[C@@H]([C@H](C)CCC=C(C)C)CC[C@@]23C)[C@@]1(C)CCC(=O)O. The third kappa shape index (κ3) is 4.16. The van der Waals surface area contributed by atoms with Gasteiger partial charge in [-0.05, 0) is 112 Å². The van der Waals surface area contributed by atoms with Crippen molar-refractivity contribution < 1.29 is 9.90 Å². The minimum absolute atomic E-state index is 0.00575. The van der Waals surface area contributed by atoms with Crippen molar-refractivity contribution in [3.8, 4) is 0 Å². The zero-order valence-corrected chi connectivity index (χ0v) is 21.9. The molecule has 32 heavy (non-hydrogen) atoms. The van der Waals surface area contributed by atoms with Crippen LogP contribution < -0.4 is 0 Å². The summed E-state index contributed by atoms with van der Waals surface area (Å²) < 4.78 is 0. The summed E-state index contributed by atoms with van der Waals surface area (Å²) in [7, 11) is 0. The Labute approximate surface area is 197 Å². The minimum atomic E-state index is -0.666. The first-order valence-electron chi connectivity index (χ1n) is 13.1. The standard InChI is InChI=1S/C30H48O2/c1-20(2)10-9-11-22(5)24-14-18-30(8)26-13-12-23(21(3)4)28(6,17-16-27(31)32)25(26)15-19-29(24,30)7/h10,13,22-25H,3,9,11-12,14-19H2,1-2,4-8H3,(H,31,32)/t22-,23+,24-,25-,28+,29-,30+/m1/s1. The lowest BCUT2D eigenvalue weighted by molar-refractivity contribution is -0.138. The third-order valence-corrected chi connectivity index (χ3v) is 10.5. The monoisotopic (exact) mass is 440 g/mol. The van der Waals surface area contributed by atoms with Crippen LogP contribution in [0.1, 0.15) is 106 Å². The van der Waals surface area contributed by atoms with E-state index in [1.807, 2.05) is 0 Å². The average Bonchev–Trinajstić information content (AvgIpc) is 2.98. The highest BCUT2D eigenvalue weighted by Gasteiger charge is 2.63. The fraction of sp³-hybridized carbons (Fsp3) is 0.767. The number of carboxylic acid groups (broad SMARTS) is 1. The van der Waals surface area contributed by atoms with E-state index in [4.69, 9.17) is 0 Å². The Morgan fingerprint density at radius 1 is 1.22 bits per heavy atom. The van der Waals surface area contributed by atoms with Gasteiger partial charge in [0.1, 0.15) is 0 Å². The number of rotatable bonds is 8. The van der Waals surface area contributed by atoms with Gasteiger partial charge in [-0.15, -0.1) is 0 Å². The molecule has 0 bridgehead atoms. The summed E-state index contributed by atoms with van der Waals surface area (Å²) >= 11 is 0. The first kappa shape index (κ1) is 25.3. The molecule has 0 heterocycles. The van der Waals surface area contributed by atoms with E-state index >= 15 is 0 Å². The molecule has 0 unspecified atom stereocenters. The average molecular weight is 441 g/mol. The molecule has 0 amide bonds. The lowest BCUT2D eigenvalue weighted by Gasteiger charge is -2.60. The van der Waals surface area contributed by atoms with Gasteiger partial charge >= 0.3 is 5.97 Å². The molecule has 0 aromatic rings. The summed E-state index contributed by atoms with van der Waals surface area (Å²) in [5.74, 6) is 1.75. The molecule has 0 aromatic carbocycles. The molecule has 3 aliphatic carbocycles. The number of allylic oxidation sites excluding steroid dienone is 5. The molecule has 0 saturated heterocycles. The number of hydrogen-bond donors (Lipinski definition) is 1. The van der Waals surface area contributed by atoms with Gasteiger partial charge in [-0.3, -0.25) is 4.79 Å². The fourth-order valence-corrected chi connectivity index (χ4v) is 8.42. The number of aliphatic carboxylic acids is 1. The summed E-state index contributed by atoms with van der Waals surface area (Å²) in [5, 5.41) is 9.48. The van der Waals surface area contributed by atoms with E-state index in [1.54, 1.807) is 5.57 Å². The maximum Gasteiger partial charge on any atom is 0.303 e. The van der Waals surface area contributed by atoms with Crippen LogP contribution in [0.2, 0.25) is 0 Å². The molecule has 2 heteroatoms. The van der Waals surface area contributed by atoms with Crippen molar-refractivity contribution in [3.63, 3.8) is 0 Å². The van der Waals surface area contributed by atoms with Crippen molar-refractivity contribution in [2.75, 3.05) is 0 Å². The zero-order chi connectivity index (χ0) is 23.9. The van der Waals surface area contributed by atoms with Gasteiger partial charge in [-0.25, -0.2) is 0 Å². The van der Waals surface area contributed by atoms with E-state index in [-0.39, 0.29) is 17.3 Å². The smallest absolute Gasteiger partial charge is 0.303 e. The number of fused-ring (bicyclic) bond motifs is 3. The highest BCUT2D eigenvalue weighted by molar-refractivity contribution is 5.66. The van der Waals surface area contributed by atoms with Crippen LogP contribution in [0, 0.1) is 39.9 Å². The van der Waals surface area contributed by atoms with E-state index < -0.39 is 5.97 Å². The molecule has 2 fully saturated rings. The van der Waals surface area contributed by atoms with Crippen molar-refractivity contribution in [1.29, 1.82) is 0 Å². The van der Waals surface area contributed by atoms with Gasteiger partial charge in [0.05, 0.1) is 0 Å². The van der Waals surface area contributed by atoms with Crippen LogP contribution in [0.25, 0.3) is 0 Å². The Bertz CT molecular complexity index is 800. The molecule has 2 nitrogen and oxygen atoms in total. The van der Waals surface area contributed by atoms with Gasteiger partial charge in [0, 0.05) is 6.42 Å². The molecular weight excluding hydrogens is 392 g/mol. The number of carboxylic acids is 1. The molecule has 0 aromatic heterocycles. The maximum atomic E-state index is 11.5. The second kappa shape index (κ2) is 9.15. The second-order valence-electron chi connectivity index (χ2n) is 12.5. The van der Waals surface area contributed by atoms with Crippen molar-refractivity contribution in [2.24, 2.45) is 39.9 Å². The predicted molar refractivity (Wildman–Crippen MR) is 135 cm³/mol. The molecule has 7 atom stereocenters. The van der Waals surface area contributed by atoms with Crippen molar-refractivity contribution in [1.82, 2.24) is 0 Å². The molecule has 3 aliphatic rings. The molecule has 0 radical (unpaired) electrons. The highest BCUT2D eigenvalue weighted by atomic mass is 16.4. The summed E-state index contributed by atoms with van der Waals surface area (Å²) in [6.45, 7) is 20.9. The van der Waals surface area contributed by atoms with Crippen LogP contribution in [0.3, 0.4) is 0 Å².